The first kappa shape index (κ1) is 18.9. The number of hydrogen-bond acceptors (Lipinski definition) is 3. The molecule has 4 N–H and O–H groups in total. The lowest BCUT2D eigenvalue weighted by Crippen LogP contribution is -2.35. The average molecular weight is 365 g/mol. The molecule has 0 aliphatic heterocycles. The lowest BCUT2D eigenvalue weighted by Gasteiger charge is -2.10. The highest BCUT2D eigenvalue weighted by molar-refractivity contribution is 9.10. The Bertz CT molecular complexity index is 440. The summed E-state index contributed by atoms with van der Waals surface area (Å²) in [6.45, 7) is 2.36. The van der Waals surface area contributed by atoms with Crippen LogP contribution in [0.4, 0.5) is 5.69 Å². The molecule has 0 aliphatic carbocycles. The molecule has 5 nitrogen and oxygen atoms in total. The summed E-state index contributed by atoms with van der Waals surface area (Å²) in [5.41, 5.74) is 6.11. The van der Waals surface area contributed by atoms with Crippen molar-refractivity contribution >= 4 is 45.8 Å². The van der Waals surface area contributed by atoms with Gasteiger partial charge < -0.3 is 16.4 Å². The monoisotopic (exact) mass is 363 g/mol. The van der Waals surface area contributed by atoms with Crippen LogP contribution in [0.1, 0.15) is 13.3 Å². The molecule has 20 heavy (non-hydrogen) atoms. The molecule has 2 amide bonds. The molecule has 0 aliphatic rings. The fourth-order valence-electron chi connectivity index (χ4n) is 1.34. The Kier molecular flexibility index (Phi) is 9.20. The summed E-state index contributed by atoms with van der Waals surface area (Å²) < 4.78 is 0.952. The van der Waals surface area contributed by atoms with E-state index in [1.807, 2.05) is 12.1 Å². The molecule has 0 saturated carbocycles. The van der Waals surface area contributed by atoms with Crippen molar-refractivity contribution in [1.29, 1.82) is 0 Å². The van der Waals surface area contributed by atoms with Gasteiger partial charge in [0, 0.05) is 35.6 Å². The van der Waals surface area contributed by atoms with Gasteiger partial charge in [-0.25, -0.2) is 0 Å². The van der Waals surface area contributed by atoms with Gasteiger partial charge in [-0.15, -0.1) is 12.4 Å². The topological polar surface area (TPSA) is 84.2 Å². The van der Waals surface area contributed by atoms with Gasteiger partial charge in [0.15, 0.2) is 0 Å². The number of anilines is 1. The second-order valence-electron chi connectivity index (χ2n) is 4.23. The minimum absolute atomic E-state index is 0. The van der Waals surface area contributed by atoms with Gasteiger partial charge in [0.05, 0.1) is 0 Å². The quantitative estimate of drug-likeness (QED) is 0.721. The third-order valence-electron chi connectivity index (χ3n) is 2.58. The number of carbonyl (C=O) groups excluding carboxylic acids is 2. The van der Waals surface area contributed by atoms with Gasteiger partial charge in [0.1, 0.15) is 0 Å². The van der Waals surface area contributed by atoms with Crippen molar-refractivity contribution in [3.05, 3.63) is 28.7 Å². The summed E-state index contributed by atoms with van der Waals surface area (Å²) in [5, 5.41) is 5.42. The van der Waals surface area contributed by atoms with Crippen molar-refractivity contribution < 1.29 is 9.59 Å². The van der Waals surface area contributed by atoms with Crippen LogP contribution in [-0.4, -0.2) is 24.9 Å². The maximum Gasteiger partial charge on any atom is 0.226 e. The molecular formula is C13H19BrClN3O2. The number of amides is 2. The molecule has 7 heteroatoms. The molecule has 1 rings (SSSR count). The van der Waals surface area contributed by atoms with Gasteiger partial charge in [0.2, 0.25) is 11.8 Å². The molecule has 0 radical (unpaired) electrons. The first-order valence-electron chi connectivity index (χ1n) is 6.06. The molecule has 0 heterocycles. The molecule has 1 atom stereocenters. The first-order chi connectivity index (χ1) is 9.02. The highest BCUT2D eigenvalue weighted by Crippen LogP contribution is 2.14. The number of nitrogens with two attached hydrogens (primary N) is 1. The van der Waals surface area contributed by atoms with E-state index in [9.17, 15) is 9.59 Å². The van der Waals surface area contributed by atoms with Crippen molar-refractivity contribution in [2.24, 2.45) is 11.7 Å². The number of rotatable bonds is 6. The van der Waals surface area contributed by atoms with Crippen LogP contribution in [-0.2, 0) is 9.59 Å². The number of benzene rings is 1. The molecule has 0 spiro atoms. The predicted octanol–water partition coefficient (Wildman–Crippen LogP) is 1.91. The maximum absolute atomic E-state index is 11.6. The number of halogens is 2. The van der Waals surface area contributed by atoms with Crippen molar-refractivity contribution in [3.8, 4) is 0 Å². The minimum atomic E-state index is -0.227. The van der Waals surface area contributed by atoms with E-state index in [0.29, 0.717) is 13.1 Å². The molecule has 112 valence electrons. The van der Waals surface area contributed by atoms with Crippen LogP contribution in [0.2, 0.25) is 0 Å². The lowest BCUT2D eigenvalue weighted by molar-refractivity contribution is -0.124. The Morgan fingerprint density at radius 1 is 1.30 bits per heavy atom. The van der Waals surface area contributed by atoms with E-state index in [0.717, 1.165) is 10.2 Å². The van der Waals surface area contributed by atoms with Crippen LogP contribution in [0.25, 0.3) is 0 Å². The number of nitrogens with one attached hydrogen (secondary N) is 2. The highest BCUT2D eigenvalue weighted by atomic mass is 79.9. The zero-order valence-electron chi connectivity index (χ0n) is 11.2. The Hall–Kier alpha value is -1.11. The van der Waals surface area contributed by atoms with Gasteiger partial charge in [-0.1, -0.05) is 22.9 Å². The fourth-order valence-corrected chi connectivity index (χ4v) is 1.60. The van der Waals surface area contributed by atoms with E-state index in [4.69, 9.17) is 5.73 Å². The van der Waals surface area contributed by atoms with Gasteiger partial charge in [-0.05, 0) is 24.3 Å². The van der Waals surface area contributed by atoms with Crippen LogP contribution in [0.5, 0.6) is 0 Å². The van der Waals surface area contributed by atoms with Gasteiger partial charge in [0.25, 0.3) is 0 Å². The van der Waals surface area contributed by atoms with Crippen molar-refractivity contribution in [3.63, 3.8) is 0 Å². The van der Waals surface area contributed by atoms with Crippen LogP contribution in [0.15, 0.2) is 28.7 Å². The van der Waals surface area contributed by atoms with E-state index in [-0.39, 0.29) is 36.6 Å². The summed E-state index contributed by atoms with van der Waals surface area (Å²) in [4.78, 5) is 23.0. The summed E-state index contributed by atoms with van der Waals surface area (Å²) in [7, 11) is 0. The summed E-state index contributed by atoms with van der Waals surface area (Å²) in [5.74, 6) is -0.489. The van der Waals surface area contributed by atoms with Crippen LogP contribution in [0.3, 0.4) is 0 Å². The van der Waals surface area contributed by atoms with Crippen molar-refractivity contribution in [2.75, 3.05) is 18.4 Å². The Morgan fingerprint density at radius 2 is 1.90 bits per heavy atom. The lowest BCUT2D eigenvalue weighted by atomic mass is 10.1. The van der Waals surface area contributed by atoms with Crippen LogP contribution in [0, 0.1) is 5.92 Å². The zero-order valence-corrected chi connectivity index (χ0v) is 13.6. The predicted molar refractivity (Wildman–Crippen MR) is 85.9 cm³/mol. The van der Waals surface area contributed by atoms with E-state index < -0.39 is 0 Å². The largest absolute Gasteiger partial charge is 0.355 e. The van der Waals surface area contributed by atoms with Crippen LogP contribution >= 0.6 is 28.3 Å². The van der Waals surface area contributed by atoms with Gasteiger partial charge in [-0.3, -0.25) is 9.59 Å². The molecule has 0 fully saturated rings. The smallest absolute Gasteiger partial charge is 0.226 e. The Labute approximate surface area is 133 Å². The summed E-state index contributed by atoms with van der Waals surface area (Å²) in [6.07, 6.45) is 0.235. The van der Waals surface area contributed by atoms with Gasteiger partial charge in [-0.2, -0.15) is 0 Å². The molecule has 1 unspecified atom stereocenters. The first-order valence-corrected chi connectivity index (χ1v) is 6.85. The third kappa shape index (κ3) is 6.88. The average Bonchev–Trinajstić information content (AvgIpc) is 2.40. The molecule has 0 aromatic heterocycles. The molecule has 1 aromatic carbocycles. The molecular weight excluding hydrogens is 346 g/mol. The fraction of sp³-hybridized carbons (Fsp3) is 0.385. The van der Waals surface area contributed by atoms with Crippen LogP contribution < -0.4 is 16.4 Å². The molecule has 0 bridgehead atoms. The van der Waals surface area contributed by atoms with E-state index >= 15 is 0 Å². The van der Waals surface area contributed by atoms with E-state index in [1.54, 1.807) is 19.1 Å². The minimum Gasteiger partial charge on any atom is -0.355 e. The maximum atomic E-state index is 11.6. The zero-order chi connectivity index (χ0) is 14.3. The SMILES string of the molecule is CC(CN)C(=O)NCCC(=O)Nc1ccc(Br)cc1.Cl. The highest BCUT2D eigenvalue weighted by Gasteiger charge is 2.10. The second-order valence-corrected chi connectivity index (χ2v) is 5.15. The van der Waals surface area contributed by atoms with E-state index in [1.165, 1.54) is 0 Å². The van der Waals surface area contributed by atoms with Crippen molar-refractivity contribution in [2.45, 2.75) is 13.3 Å². The Balaban J connectivity index is 0.00000361. The molecule has 1 aromatic rings. The molecule has 0 saturated heterocycles. The summed E-state index contributed by atoms with van der Waals surface area (Å²) in [6, 6.07) is 7.30. The second kappa shape index (κ2) is 9.74. The van der Waals surface area contributed by atoms with Gasteiger partial charge >= 0.3 is 0 Å². The normalized spacial score (nSPS) is 11.2. The van der Waals surface area contributed by atoms with Crippen molar-refractivity contribution in [1.82, 2.24) is 5.32 Å². The number of carbonyl (C=O) groups is 2. The van der Waals surface area contributed by atoms with E-state index in [2.05, 4.69) is 26.6 Å². The summed E-state index contributed by atoms with van der Waals surface area (Å²) >= 11 is 3.32. The third-order valence-corrected chi connectivity index (χ3v) is 3.11. The Morgan fingerprint density at radius 3 is 2.45 bits per heavy atom. The number of hydrogen-bond donors (Lipinski definition) is 3. The standard InChI is InChI=1S/C13H18BrN3O2.ClH/c1-9(8-15)13(19)16-7-6-12(18)17-11-4-2-10(14)3-5-11;/h2-5,9H,6-8,15H2,1H3,(H,16,19)(H,17,18);1H.